The van der Waals surface area contributed by atoms with Crippen LogP contribution in [0.1, 0.15) is 0 Å². The zero-order valence-corrected chi connectivity index (χ0v) is 8.35. The molecule has 0 aromatic heterocycles. The van der Waals surface area contributed by atoms with Crippen LogP contribution in [-0.2, 0) is 0 Å². The number of alkyl halides is 8. The Hall–Kier alpha value is -1.22. The van der Waals surface area contributed by atoms with Gasteiger partial charge in [0.25, 0.3) is 0 Å². The molecular weight excluding hydrogens is 286 g/mol. The van der Waals surface area contributed by atoms with Gasteiger partial charge in [-0.05, 0) is 12.2 Å². The number of allylic oxidation sites excluding steroid dienone is 4. The molecule has 0 aliphatic rings. The average molecular weight is 292 g/mol. The van der Waals surface area contributed by atoms with E-state index in [2.05, 4.69) is 0 Å². The summed E-state index contributed by atoms with van der Waals surface area (Å²) >= 11 is 0. The number of hydrogen-bond acceptors (Lipinski definition) is 0. The van der Waals surface area contributed by atoms with E-state index in [-0.39, 0.29) is 12.2 Å². The van der Waals surface area contributed by atoms with Crippen LogP contribution in [0.2, 0.25) is 0 Å². The third-order valence-corrected chi connectivity index (χ3v) is 1.05. The van der Waals surface area contributed by atoms with Crippen molar-refractivity contribution < 1.29 is 43.9 Å². The van der Waals surface area contributed by atoms with Crippen molar-refractivity contribution in [3.8, 4) is 0 Å². The molecule has 0 saturated heterocycles. The van der Waals surface area contributed by atoms with Crippen LogP contribution in [0, 0.1) is 0 Å². The molecule has 0 heterocycles. The monoisotopic (exact) mass is 292 g/mol. The van der Waals surface area contributed by atoms with E-state index in [1.807, 2.05) is 0 Å². The summed E-state index contributed by atoms with van der Waals surface area (Å²) in [6.07, 6.45) is -10.4. The zero-order chi connectivity index (χ0) is 15.0. The van der Waals surface area contributed by atoms with Crippen LogP contribution >= 0.6 is 0 Å². The van der Waals surface area contributed by atoms with Crippen molar-refractivity contribution >= 4 is 0 Å². The van der Waals surface area contributed by atoms with Gasteiger partial charge in [0.15, 0.2) is 0 Å². The standard InChI is InChI=1S/2C4H3F5/c2*5-2-1-3(6)4(7,8)9/h2*1H,2H2. The van der Waals surface area contributed by atoms with E-state index in [4.69, 9.17) is 0 Å². The van der Waals surface area contributed by atoms with E-state index < -0.39 is 37.4 Å². The second-order valence-electron chi connectivity index (χ2n) is 2.41. The fourth-order valence-electron chi connectivity index (χ4n) is 0.367. The molecule has 18 heavy (non-hydrogen) atoms. The lowest BCUT2D eigenvalue weighted by Crippen LogP contribution is -2.07. The summed E-state index contributed by atoms with van der Waals surface area (Å²) in [7, 11) is 0. The summed E-state index contributed by atoms with van der Waals surface area (Å²) < 4.78 is 111. The number of hydrogen-bond donors (Lipinski definition) is 0. The minimum Gasteiger partial charge on any atom is -0.246 e. The molecule has 0 atom stereocenters. The minimum atomic E-state index is -5.04. The quantitative estimate of drug-likeness (QED) is 0.645. The SMILES string of the molecule is FCC=C(F)C(F)(F)F.FCC=C(F)C(F)(F)F. The first-order valence-corrected chi connectivity index (χ1v) is 3.94. The Labute approximate surface area is 94.6 Å². The summed E-state index contributed by atoms with van der Waals surface area (Å²) in [6, 6.07) is 0. The van der Waals surface area contributed by atoms with Crippen LogP contribution in [0.3, 0.4) is 0 Å². The lowest BCUT2D eigenvalue weighted by atomic mass is 10.5. The van der Waals surface area contributed by atoms with Crippen molar-refractivity contribution in [2.24, 2.45) is 0 Å². The Morgan fingerprint density at radius 1 is 0.667 bits per heavy atom. The van der Waals surface area contributed by atoms with E-state index in [0.717, 1.165) is 0 Å². The molecule has 10 heteroatoms. The van der Waals surface area contributed by atoms with Crippen molar-refractivity contribution in [1.82, 2.24) is 0 Å². The van der Waals surface area contributed by atoms with E-state index in [9.17, 15) is 43.9 Å². The molecule has 0 aliphatic carbocycles. The van der Waals surface area contributed by atoms with E-state index >= 15 is 0 Å². The number of rotatable bonds is 2. The topological polar surface area (TPSA) is 0 Å². The Bertz CT molecular complexity index is 251. The van der Waals surface area contributed by atoms with Gasteiger partial charge in [-0.2, -0.15) is 26.3 Å². The maximum Gasteiger partial charge on any atom is 0.442 e. The molecule has 0 amide bonds. The van der Waals surface area contributed by atoms with Gasteiger partial charge in [-0.15, -0.1) is 0 Å². The van der Waals surface area contributed by atoms with Crippen molar-refractivity contribution in [3.05, 3.63) is 23.8 Å². The molecule has 0 unspecified atom stereocenters. The highest BCUT2D eigenvalue weighted by Gasteiger charge is 2.34. The normalized spacial score (nSPS) is 14.1. The molecule has 0 bridgehead atoms. The first kappa shape index (κ1) is 19.1. The molecule has 0 aromatic carbocycles. The van der Waals surface area contributed by atoms with E-state index in [1.54, 1.807) is 0 Å². The molecule has 0 aromatic rings. The molecule has 0 nitrogen and oxygen atoms in total. The molecular formula is C8H6F10. The Balaban J connectivity index is 0. The molecule has 0 saturated carbocycles. The van der Waals surface area contributed by atoms with E-state index in [1.165, 1.54) is 0 Å². The van der Waals surface area contributed by atoms with Crippen LogP contribution in [0.15, 0.2) is 23.8 Å². The van der Waals surface area contributed by atoms with Gasteiger partial charge in [-0.3, -0.25) is 0 Å². The maximum atomic E-state index is 11.4. The van der Waals surface area contributed by atoms with Gasteiger partial charge in [0, 0.05) is 0 Å². The predicted octanol–water partition coefficient (Wildman–Crippen LogP) is 4.74. The number of halogens is 10. The molecule has 0 rings (SSSR count). The fraction of sp³-hybridized carbons (Fsp3) is 0.500. The molecule has 0 radical (unpaired) electrons. The van der Waals surface area contributed by atoms with Crippen molar-refractivity contribution in [2.75, 3.05) is 13.3 Å². The van der Waals surface area contributed by atoms with Crippen molar-refractivity contribution in [1.29, 1.82) is 0 Å². The van der Waals surface area contributed by atoms with Crippen molar-refractivity contribution in [2.45, 2.75) is 12.4 Å². The van der Waals surface area contributed by atoms with Gasteiger partial charge in [0.05, 0.1) is 0 Å². The first-order chi connectivity index (χ1) is 7.96. The highest BCUT2D eigenvalue weighted by Crippen LogP contribution is 2.26. The molecule has 0 fully saturated rings. The predicted molar refractivity (Wildman–Crippen MR) is 42.4 cm³/mol. The zero-order valence-electron chi connectivity index (χ0n) is 8.35. The van der Waals surface area contributed by atoms with Crippen LogP contribution in [0.5, 0.6) is 0 Å². The smallest absolute Gasteiger partial charge is 0.246 e. The van der Waals surface area contributed by atoms with Crippen LogP contribution in [0.25, 0.3) is 0 Å². The Morgan fingerprint density at radius 2 is 0.889 bits per heavy atom. The lowest BCUT2D eigenvalue weighted by Gasteiger charge is -1.99. The fourth-order valence-corrected chi connectivity index (χ4v) is 0.367. The maximum absolute atomic E-state index is 11.4. The summed E-state index contributed by atoms with van der Waals surface area (Å²) in [5.41, 5.74) is 0. The summed E-state index contributed by atoms with van der Waals surface area (Å²) in [5, 5.41) is 0. The highest BCUT2D eigenvalue weighted by atomic mass is 19.4. The van der Waals surface area contributed by atoms with Crippen LogP contribution in [-0.4, -0.2) is 25.7 Å². The second-order valence-corrected chi connectivity index (χ2v) is 2.41. The Morgan fingerprint density at radius 3 is 0.944 bits per heavy atom. The van der Waals surface area contributed by atoms with Gasteiger partial charge >= 0.3 is 12.4 Å². The van der Waals surface area contributed by atoms with Gasteiger partial charge in [-0.1, -0.05) is 0 Å². The minimum absolute atomic E-state index is 0.167. The average Bonchev–Trinajstić information content (AvgIpc) is 2.16. The van der Waals surface area contributed by atoms with Gasteiger partial charge in [-0.25, -0.2) is 17.6 Å². The largest absolute Gasteiger partial charge is 0.442 e. The van der Waals surface area contributed by atoms with Gasteiger partial charge in [0.1, 0.15) is 13.3 Å². The van der Waals surface area contributed by atoms with Gasteiger partial charge in [0.2, 0.25) is 11.7 Å². The third-order valence-electron chi connectivity index (χ3n) is 1.05. The lowest BCUT2D eigenvalue weighted by molar-refractivity contribution is -0.109. The molecule has 108 valence electrons. The summed E-state index contributed by atoms with van der Waals surface area (Å²) in [6.45, 7) is -2.88. The van der Waals surface area contributed by atoms with Gasteiger partial charge < -0.3 is 0 Å². The summed E-state index contributed by atoms with van der Waals surface area (Å²) in [5.74, 6) is -4.77. The van der Waals surface area contributed by atoms with Crippen LogP contribution in [0.4, 0.5) is 43.9 Å². The Kier molecular flexibility index (Phi) is 8.48. The molecule has 0 spiro atoms. The summed E-state index contributed by atoms with van der Waals surface area (Å²) in [4.78, 5) is 0. The molecule has 0 N–H and O–H groups in total. The second kappa shape index (κ2) is 7.98. The van der Waals surface area contributed by atoms with Crippen molar-refractivity contribution in [3.63, 3.8) is 0 Å². The van der Waals surface area contributed by atoms with Crippen LogP contribution < -0.4 is 0 Å². The highest BCUT2D eigenvalue weighted by molar-refractivity contribution is 4.98. The first-order valence-electron chi connectivity index (χ1n) is 3.94. The molecule has 0 aliphatic heterocycles. The third kappa shape index (κ3) is 9.97. The van der Waals surface area contributed by atoms with E-state index in [0.29, 0.717) is 0 Å².